The van der Waals surface area contributed by atoms with Crippen molar-refractivity contribution in [3.05, 3.63) is 94.0 Å². The number of aliphatic hydroxyl groups excluding tert-OH is 1. The van der Waals surface area contributed by atoms with Gasteiger partial charge in [-0.15, -0.1) is 0 Å². The highest BCUT2D eigenvalue weighted by Gasteiger charge is 2.38. The second-order valence-electron chi connectivity index (χ2n) is 10.9. The van der Waals surface area contributed by atoms with Crippen LogP contribution in [0.4, 0.5) is 13.6 Å². The molecular weight excluding hydrogens is 500 g/mol. The number of ether oxygens (including phenoxy) is 1. The van der Waals surface area contributed by atoms with Crippen molar-refractivity contribution < 1.29 is 23.4 Å². The maximum atomic E-state index is 13.8. The zero-order chi connectivity index (χ0) is 27.0. The van der Waals surface area contributed by atoms with Gasteiger partial charge in [0.05, 0.1) is 6.04 Å². The molecule has 6 nitrogen and oxygen atoms in total. The Morgan fingerprint density at radius 1 is 0.949 bits per heavy atom. The van der Waals surface area contributed by atoms with Crippen LogP contribution in [-0.4, -0.2) is 48.5 Å². The first-order valence-electron chi connectivity index (χ1n) is 13.6. The normalized spacial score (nSPS) is 23.2. The molecule has 3 aromatic rings. The van der Waals surface area contributed by atoms with Gasteiger partial charge in [0.25, 0.3) is 5.92 Å². The zero-order valence-electron chi connectivity index (χ0n) is 21.7. The van der Waals surface area contributed by atoms with Crippen molar-refractivity contribution in [3.8, 4) is 11.1 Å². The minimum absolute atomic E-state index is 0.186. The molecule has 204 valence electrons. The number of carbonyl (C=O) groups excluding carboxylic acids is 1. The minimum Gasteiger partial charge on any atom is -0.442 e. The number of hydrogen-bond donors (Lipinski definition) is 4. The van der Waals surface area contributed by atoms with E-state index in [0.717, 1.165) is 47.3 Å². The number of benzene rings is 3. The van der Waals surface area contributed by atoms with E-state index in [9.17, 15) is 18.7 Å². The predicted octanol–water partition coefficient (Wildman–Crippen LogP) is 3.90. The van der Waals surface area contributed by atoms with Crippen LogP contribution in [0.1, 0.15) is 33.4 Å². The van der Waals surface area contributed by atoms with E-state index in [-0.39, 0.29) is 18.9 Å². The Kier molecular flexibility index (Phi) is 7.10. The molecule has 3 atom stereocenters. The van der Waals surface area contributed by atoms with Gasteiger partial charge in [-0.05, 0) is 63.9 Å². The number of aliphatic hydroxyl groups is 1. The third-order valence-electron chi connectivity index (χ3n) is 8.05. The van der Waals surface area contributed by atoms with E-state index in [4.69, 9.17) is 4.74 Å². The number of alkyl carbamates (subject to hydrolysis) is 1. The Morgan fingerprint density at radius 3 is 2.54 bits per heavy atom. The molecule has 0 bridgehead atoms. The van der Waals surface area contributed by atoms with Crippen molar-refractivity contribution in [2.24, 2.45) is 0 Å². The first-order valence-corrected chi connectivity index (χ1v) is 13.6. The summed E-state index contributed by atoms with van der Waals surface area (Å²) < 4.78 is 33.2. The lowest BCUT2D eigenvalue weighted by molar-refractivity contribution is 0.0130. The number of rotatable bonds is 6. The average Bonchev–Trinajstić information content (AvgIpc) is 3.44. The van der Waals surface area contributed by atoms with Crippen LogP contribution in [0.15, 0.2) is 60.7 Å². The Labute approximate surface area is 226 Å². The van der Waals surface area contributed by atoms with Gasteiger partial charge in [0, 0.05) is 32.5 Å². The molecule has 4 N–H and O–H groups in total. The van der Waals surface area contributed by atoms with Gasteiger partial charge in [-0.25, -0.2) is 13.6 Å². The van der Waals surface area contributed by atoms with E-state index >= 15 is 0 Å². The van der Waals surface area contributed by atoms with E-state index in [2.05, 4.69) is 28.1 Å². The zero-order valence-corrected chi connectivity index (χ0v) is 21.7. The molecule has 6 rings (SSSR count). The summed E-state index contributed by atoms with van der Waals surface area (Å²) >= 11 is 0. The third kappa shape index (κ3) is 5.83. The van der Waals surface area contributed by atoms with E-state index in [1.165, 1.54) is 11.1 Å². The maximum absolute atomic E-state index is 13.8. The Hall–Kier alpha value is -3.33. The molecule has 0 saturated carbocycles. The molecule has 2 heterocycles. The van der Waals surface area contributed by atoms with E-state index in [1.54, 1.807) is 6.07 Å². The Bertz CT molecular complexity index is 1360. The Morgan fingerprint density at radius 2 is 1.69 bits per heavy atom. The van der Waals surface area contributed by atoms with Gasteiger partial charge < -0.3 is 25.8 Å². The highest BCUT2D eigenvalue weighted by atomic mass is 19.3. The summed E-state index contributed by atoms with van der Waals surface area (Å²) in [6, 6.07) is 19.5. The first-order chi connectivity index (χ1) is 18.8. The van der Waals surface area contributed by atoms with Crippen molar-refractivity contribution in [2.75, 3.05) is 13.1 Å². The molecule has 1 amide bonds. The standard InChI is InChI=1S/C31H33F2N3O3/c32-31(33)14-24-8-7-22(13-26(24)15-31)21-4-1-19(2-5-21)12-27-29(28(37)18-35-27)39-30(38)36-16-20-3-6-25-17-34-10-9-23(25)11-20/h1-8,11,13,27-29,34-35,37H,9-10,12,14-18H2,(H,36,38)/t27-,28+,29+/m1/s1. The fourth-order valence-electron chi connectivity index (χ4n) is 5.95. The number of nitrogens with one attached hydrogen (secondary N) is 3. The van der Waals surface area contributed by atoms with Crippen LogP contribution in [0, 0.1) is 0 Å². The molecular formula is C31H33F2N3O3. The van der Waals surface area contributed by atoms with Gasteiger partial charge in [-0.1, -0.05) is 60.7 Å². The van der Waals surface area contributed by atoms with Crippen molar-refractivity contribution in [1.82, 2.24) is 16.0 Å². The minimum atomic E-state index is -2.65. The van der Waals surface area contributed by atoms with Crippen LogP contribution >= 0.6 is 0 Å². The predicted molar refractivity (Wildman–Crippen MR) is 145 cm³/mol. The maximum Gasteiger partial charge on any atom is 0.407 e. The lowest BCUT2D eigenvalue weighted by atomic mass is 9.97. The largest absolute Gasteiger partial charge is 0.442 e. The molecule has 1 saturated heterocycles. The number of β-amino-alcohol motifs (C(OH)–C–C–N with tert-alkyl or cyclic N) is 1. The molecule has 3 aromatic carbocycles. The molecule has 0 aromatic heterocycles. The smallest absolute Gasteiger partial charge is 0.407 e. The van der Waals surface area contributed by atoms with Crippen LogP contribution in [0.2, 0.25) is 0 Å². The molecule has 3 aliphatic rings. The van der Waals surface area contributed by atoms with Crippen molar-refractivity contribution in [1.29, 1.82) is 0 Å². The van der Waals surface area contributed by atoms with Crippen molar-refractivity contribution in [2.45, 2.75) is 62.9 Å². The van der Waals surface area contributed by atoms with Crippen LogP contribution in [0.5, 0.6) is 0 Å². The summed E-state index contributed by atoms with van der Waals surface area (Å²) in [5.41, 5.74) is 7.96. The van der Waals surface area contributed by atoms with Gasteiger partial charge >= 0.3 is 6.09 Å². The van der Waals surface area contributed by atoms with Gasteiger partial charge in [0.1, 0.15) is 12.2 Å². The number of carbonyl (C=O) groups is 1. The molecule has 0 spiro atoms. The topological polar surface area (TPSA) is 82.6 Å². The summed E-state index contributed by atoms with van der Waals surface area (Å²) in [6.07, 6.45) is -0.852. The molecule has 8 heteroatoms. The average molecular weight is 534 g/mol. The molecule has 1 fully saturated rings. The summed E-state index contributed by atoms with van der Waals surface area (Å²) in [5, 5.41) is 19.9. The monoisotopic (exact) mass is 533 g/mol. The van der Waals surface area contributed by atoms with Crippen molar-refractivity contribution >= 4 is 6.09 Å². The fourth-order valence-corrected chi connectivity index (χ4v) is 5.95. The van der Waals surface area contributed by atoms with Gasteiger partial charge in [0.2, 0.25) is 0 Å². The lowest BCUT2D eigenvalue weighted by Gasteiger charge is -2.22. The lowest BCUT2D eigenvalue weighted by Crippen LogP contribution is -2.41. The molecule has 0 radical (unpaired) electrons. The number of alkyl halides is 2. The van der Waals surface area contributed by atoms with Crippen molar-refractivity contribution in [3.63, 3.8) is 0 Å². The van der Waals surface area contributed by atoms with Crippen LogP contribution < -0.4 is 16.0 Å². The molecule has 1 aliphatic carbocycles. The highest BCUT2D eigenvalue weighted by Crippen LogP contribution is 2.36. The Balaban J connectivity index is 1.05. The summed E-state index contributed by atoms with van der Waals surface area (Å²) in [7, 11) is 0. The number of fused-ring (bicyclic) bond motifs is 2. The van der Waals surface area contributed by atoms with E-state index < -0.39 is 24.2 Å². The number of hydrogen-bond acceptors (Lipinski definition) is 5. The summed E-state index contributed by atoms with van der Waals surface area (Å²) in [6.45, 7) is 2.54. The number of amides is 1. The first kappa shape index (κ1) is 25.9. The van der Waals surface area contributed by atoms with Gasteiger partial charge in [-0.2, -0.15) is 0 Å². The summed E-state index contributed by atoms with van der Waals surface area (Å²) in [5.74, 6) is -2.65. The van der Waals surface area contributed by atoms with Gasteiger partial charge in [-0.3, -0.25) is 0 Å². The molecule has 0 unspecified atom stereocenters. The second-order valence-corrected chi connectivity index (χ2v) is 10.9. The molecule has 39 heavy (non-hydrogen) atoms. The van der Waals surface area contributed by atoms with E-state index in [0.29, 0.717) is 25.1 Å². The SMILES string of the molecule is O=C(NCc1ccc2c(c1)CCNC2)O[C@@H]1[C@@H](O)CN[C@@H]1Cc1ccc(-c2ccc3c(c2)CC(F)(F)C3)cc1. The highest BCUT2D eigenvalue weighted by molar-refractivity contribution is 5.68. The van der Waals surface area contributed by atoms with Crippen LogP contribution in [-0.2, 0) is 43.5 Å². The second kappa shape index (κ2) is 10.7. The fraction of sp³-hybridized carbons (Fsp3) is 0.387. The van der Waals surface area contributed by atoms with Gasteiger partial charge in [0.15, 0.2) is 0 Å². The number of halogens is 2. The van der Waals surface area contributed by atoms with Crippen LogP contribution in [0.3, 0.4) is 0 Å². The van der Waals surface area contributed by atoms with E-state index in [1.807, 2.05) is 42.5 Å². The third-order valence-corrected chi connectivity index (χ3v) is 8.05. The molecule has 2 aliphatic heterocycles. The quantitative estimate of drug-likeness (QED) is 0.387. The van der Waals surface area contributed by atoms with Crippen LogP contribution in [0.25, 0.3) is 11.1 Å². The summed E-state index contributed by atoms with van der Waals surface area (Å²) in [4.78, 5) is 12.6.